The summed E-state index contributed by atoms with van der Waals surface area (Å²) < 4.78 is 5.63. The number of aldehydes is 1. The van der Waals surface area contributed by atoms with Gasteiger partial charge in [0.15, 0.2) is 5.75 Å². The van der Waals surface area contributed by atoms with Crippen LogP contribution in [0.15, 0.2) is 48.5 Å². The highest BCUT2D eigenvalue weighted by atomic mass is 16.6. The lowest BCUT2D eigenvalue weighted by atomic mass is 10.1. The Morgan fingerprint density at radius 1 is 1.20 bits per heavy atom. The van der Waals surface area contributed by atoms with Gasteiger partial charge in [0.05, 0.1) is 4.92 Å². The second kappa shape index (κ2) is 5.97. The van der Waals surface area contributed by atoms with Crippen molar-refractivity contribution in [3.63, 3.8) is 0 Å². The molecule has 2 aromatic rings. The molecule has 102 valence electrons. The monoisotopic (exact) mass is 271 g/mol. The molecule has 20 heavy (non-hydrogen) atoms. The number of carbonyl (C=O) groups excluding carboxylic acids is 1. The molecule has 5 heteroatoms. The van der Waals surface area contributed by atoms with E-state index in [4.69, 9.17) is 4.74 Å². The lowest BCUT2D eigenvalue weighted by Crippen LogP contribution is -2.05. The number of carbonyl (C=O) groups is 1. The average Bonchev–Trinajstić information content (AvgIpc) is 2.48. The molecule has 1 atom stereocenters. The molecule has 1 unspecified atom stereocenters. The Bertz CT molecular complexity index is 625. The molecular weight excluding hydrogens is 258 g/mol. The largest absolute Gasteiger partial charge is 0.479 e. The van der Waals surface area contributed by atoms with Gasteiger partial charge in [-0.3, -0.25) is 14.9 Å². The van der Waals surface area contributed by atoms with E-state index in [1.807, 2.05) is 37.3 Å². The summed E-state index contributed by atoms with van der Waals surface area (Å²) >= 11 is 0. The van der Waals surface area contributed by atoms with E-state index >= 15 is 0 Å². The van der Waals surface area contributed by atoms with Gasteiger partial charge in [-0.1, -0.05) is 30.3 Å². The first kappa shape index (κ1) is 13.7. The van der Waals surface area contributed by atoms with Gasteiger partial charge in [0.1, 0.15) is 12.4 Å². The Hall–Kier alpha value is -2.69. The van der Waals surface area contributed by atoms with E-state index in [1.54, 1.807) is 0 Å². The fourth-order valence-electron chi connectivity index (χ4n) is 1.83. The van der Waals surface area contributed by atoms with Crippen LogP contribution >= 0.6 is 0 Å². The van der Waals surface area contributed by atoms with Crippen molar-refractivity contribution in [2.24, 2.45) is 0 Å². The Morgan fingerprint density at radius 2 is 1.90 bits per heavy atom. The van der Waals surface area contributed by atoms with Gasteiger partial charge in [0, 0.05) is 11.6 Å². The van der Waals surface area contributed by atoms with Crippen molar-refractivity contribution in [1.82, 2.24) is 0 Å². The quantitative estimate of drug-likeness (QED) is 0.473. The molecule has 0 amide bonds. The molecule has 2 aromatic carbocycles. The Morgan fingerprint density at radius 3 is 2.50 bits per heavy atom. The van der Waals surface area contributed by atoms with Crippen LogP contribution in [0.2, 0.25) is 0 Å². The number of hydrogen-bond acceptors (Lipinski definition) is 4. The van der Waals surface area contributed by atoms with Crippen LogP contribution in [0.3, 0.4) is 0 Å². The topological polar surface area (TPSA) is 69.4 Å². The van der Waals surface area contributed by atoms with Gasteiger partial charge in [0.25, 0.3) is 0 Å². The van der Waals surface area contributed by atoms with E-state index in [2.05, 4.69) is 0 Å². The first-order valence-electron chi connectivity index (χ1n) is 6.07. The van der Waals surface area contributed by atoms with Crippen molar-refractivity contribution in [2.45, 2.75) is 13.0 Å². The molecule has 0 aliphatic rings. The number of benzene rings is 2. The first-order chi connectivity index (χ1) is 9.61. The minimum absolute atomic E-state index is 0.150. The number of nitrogens with zero attached hydrogens (tertiary/aromatic N) is 1. The molecule has 5 nitrogen and oxygen atoms in total. The molecule has 0 bridgehead atoms. The van der Waals surface area contributed by atoms with Crippen LogP contribution in [-0.2, 0) is 0 Å². The van der Waals surface area contributed by atoms with Crippen molar-refractivity contribution in [3.05, 3.63) is 69.8 Å². The minimum Gasteiger partial charge on any atom is -0.479 e. The predicted molar refractivity (Wildman–Crippen MR) is 74.0 cm³/mol. The van der Waals surface area contributed by atoms with Gasteiger partial charge in [-0.2, -0.15) is 0 Å². The molecule has 0 saturated carbocycles. The van der Waals surface area contributed by atoms with E-state index in [0.29, 0.717) is 6.29 Å². The van der Waals surface area contributed by atoms with E-state index < -0.39 is 4.92 Å². The molecule has 0 aliphatic carbocycles. The number of hydrogen-bond donors (Lipinski definition) is 0. The summed E-state index contributed by atoms with van der Waals surface area (Å²) in [6, 6.07) is 13.6. The summed E-state index contributed by atoms with van der Waals surface area (Å²) in [5, 5.41) is 11.0. The van der Waals surface area contributed by atoms with Gasteiger partial charge in [-0.25, -0.2) is 0 Å². The molecule has 0 aliphatic heterocycles. The molecule has 2 rings (SSSR count). The average molecular weight is 271 g/mol. The highest BCUT2D eigenvalue weighted by molar-refractivity contribution is 5.77. The van der Waals surface area contributed by atoms with Crippen LogP contribution in [0.4, 0.5) is 5.69 Å². The van der Waals surface area contributed by atoms with Crippen LogP contribution < -0.4 is 4.74 Å². The van der Waals surface area contributed by atoms with E-state index in [-0.39, 0.29) is 23.1 Å². The van der Waals surface area contributed by atoms with Crippen LogP contribution in [0.25, 0.3) is 0 Å². The SMILES string of the molecule is CC(Oc1ccc(C=O)cc1[N+](=O)[O-])c1ccccc1. The fourth-order valence-corrected chi connectivity index (χ4v) is 1.83. The molecule has 0 N–H and O–H groups in total. The summed E-state index contributed by atoms with van der Waals surface area (Å²) in [7, 11) is 0. The molecule has 0 spiro atoms. The maximum Gasteiger partial charge on any atom is 0.311 e. The number of rotatable bonds is 5. The highest BCUT2D eigenvalue weighted by Crippen LogP contribution is 2.31. The van der Waals surface area contributed by atoms with Crippen molar-refractivity contribution < 1.29 is 14.5 Å². The number of nitro benzene ring substituents is 1. The van der Waals surface area contributed by atoms with Crippen LogP contribution in [0.1, 0.15) is 28.9 Å². The van der Waals surface area contributed by atoms with Crippen molar-refractivity contribution in [3.8, 4) is 5.75 Å². The summed E-state index contributed by atoms with van der Waals surface area (Å²) in [4.78, 5) is 21.1. The third kappa shape index (κ3) is 3.00. The standard InChI is InChI=1S/C15H13NO4/c1-11(13-5-3-2-4-6-13)20-15-8-7-12(10-17)9-14(15)16(18)19/h2-11H,1H3. The van der Waals surface area contributed by atoms with Crippen molar-refractivity contribution in [2.75, 3.05) is 0 Å². The van der Waals surface area contributed by atoms with Gasteiger partial charge in [-0.15, -0.1) is 0 Å². The maximum absolute atomic E-state index is 11.0. The molecule has 0 fully saturated rings. The Labute approximate surface area is 116 Å². The van der Waals surface area contributed by atoms with Crippen LogP contribution in [0.5, 0.6) is 5.75 Å². The normalized spacial score (nSPS) is 11.7. The smallest absolute Gasteiger partial charge is 0.311 e. The predicted octanol–water partition coefficient (Wildman–Crippen LogP) is 3.55. The van der Waals surface area contributed by atoms with Crippen LogP contribution in [0, 0.1) is 10.1 Å². The van der Waals surface area contributed by atoms with E-state index in [1.165, 1.54) is 18.2 Å². The Kier molecular flexibility index (Phi) is 4.10. The second-order valence-corrected chi connectivity index (χ2v) is 4.27. The summed E-state index contributed by atoms with van der Waals surface area (Å²) in [6.07, 6.45) is 0.245. The zero-order valence-electron chi connectivity index (χ0n) is 10.9. The van der Waals surface area contributed by atoms with Gasteiger partial charge < -0.3 is 4.74 Å². The second-order valence-electron chi connectivity index (χ2n) is 4.27. The maximum atomic E-state index is 11.0. The molecule has 0 radical (unpaired) electrons. The zero-order valence-corrected chi connectivity index (χ0v) is 10.9. The van der Waals surface area contributed by atoms with Gasteiger partial charge >= 0.3 is 5.69 Å². The summed E-state index contributed by atoms with van der Waals surface area (Å²) in [6.45, 7) is 1.81. The highest BCUT2D eigenvalue weighted by Gasteiger charge is 2.18. The number of nitro groups is 1. The summed E-state index contributed by atoms with van der Waals surface area (Å²) in [5.41, 5.74) is 0.954. The third-order valence-corrected chi connectivity index (χ3v) is 2.89. The summed E-state index contributed by atoms with van der Waals surface area (Å²) in [5.74, 6) is 0.150. The van der Waals surface area contributed by atoms with Crippen molar-refractivity contribution >= 4 is 12.0 Å². The molecule has 0 saturated heterocycles. The third-order valence-electron chi connectivity index (χ3n) is 2.89. The minimum atomic E-state index is -0.556. The molecular formula is C15H13NO4. The van der Waals surface area contributed by atoms with Gasteiger partial charge in [-0.05, 0) is 24.6 Å². The van der Waals surface area contributed by atoms with Crippen LogP contribution in [-0.4, -0.2) is 11.2 Å². The van der Waals surface area contributed by atoms with E-state index in [0.717, 1.165) is 5.56 Å². The van der Waals surface area contributed by atoms with Gasteiger partial charge in [0.2, 0.25) is 0 Å². The lowest BCUT2D eigenvalue weighted by Gasteiger charge is -2.15. The molecule has 0 aromatic heterocycles. The van der Waals surface area contributed by atoms with Crippen molar-refractivity contribution in [1.29, 1.82) is 0 Å². The zero-order chi connectivity index (χ0) is 14.5. The molecule has 0 heterocycles. The fraction of sp³-hybridized carbons (Fsp3) is 0.133. The Balaban J connectivity index is 2.29. The lowest BCUT2D eigenvalue weighted by molar-refractivity contribution is -0.386. The van der Waals surface area contributed by atoms with E-state index in [9.17, 15) is 14.9 Å². The number of ether oxygens (including phenoxy) is 1. The first-order valence-corrected chi connectivity index (χ1v) is 6.07.